The van der Waals surface area contributed by atoms with Gasteiger partial charge >= 0.3 is 5.97 Å². The van der Waals surface area contributed by atoms with Crippen molar-refractivity contribution in [2.45, 2.75) is 6.92 Å². The maximum atomic E-state index is 10.6. The van der Waals surface area contributed by atoms with Crippen molar-refractivity contribution in [3.8, 4) is 0 Å². The van der Waals surface area contributed by atoms with E-state index in [1.54, 1.807) is 0 Å². The number of carboxylic acid groups (broad SMARTS) is 1. The lowest BCUT2D eigenvalue weighted by molar-refractivity contribution is 0.0665. The van der Waals surface area contributed by atoms with Crippen LogP contribution in [0.3, 0.4) is 0 Å². The smallest absolute Gasteiger partial charge is 0.371 e. The number of rotatable bonds is 1. The summed E-state index contributed by atoms with van der Waals surface area (Å²) in [5, 5.41) is 12.6. The number of carboxylic acids is 1. The van der Waals surface area contributed by atoms with Crippen molar-refractivity contribution in [2.75, 3.05) is 26.3 Å². The second kappa shape index (κ2) is 6.36. The molecule has 1 aliphatic heterocycles. The number of aromatic carboxylic acids is 1. The Hall–Kier alpha value is -1.85. The van der Waals surface area contributed by atoms with Gasteiger partial charge in [-0.25, -0.2) is 4.79 Å². The maximum Gasteiger partial charge on any atom is 0.371 e. The minimum atomic E-state index is -1.03. The summed E-state index contributed by atoms with van der Waals surface area (Å²) < 4.78 is 10.1. The maximum absolute atomic E-state index is 10.6. The van der Waals surface area contributed by atoms with Gasteiger partial charge in [0.05, 0.1) is 13.2 Å². The molecule has 0 saturated carbocycles. The summed E-state index contributed by atoms with van der Waals surface area (Å²) in [5.74, 6) is -1.05. The van der Waals surface area contributed by atoms with E-state index in [1.165, 1.54) is 6.07 Å². The van der Waals surface area contributed by atoms with Crippen LogP contribution in [0, 0.1) is 6.92 Å². The molecule has 1 aliphatic rings. The number of aryl methyl sites for hydroxylation is 1. The van der Waals surface area contributed by atoms with Crippen LogP contribution in [0.15, 0.2) is 28.7 Å². The Kier molecular flexibility index (Phi) is 4.54. The van der Waals surface area contributed by atoms with Crippen molar-refractivity contribution in [3.63, 3.8) is 0 Å². The van der Waals surface area contributed by atoms with E-state index in [4.69, 9.17) is 14.3 Å². The van der Waals surface area contributed by atoms with Gasteiger partial charge in [0.15, 0.2) is 0 Å². The van der Waals surface area contributed by atoms with Gasteiger partial charge < -0.3 is 19.6 Å². The number of carbonyl (C=O) groups is 1. The topological polar surface area (TPSA) is 71.7 Å². The highest BCUT2D eigenvalue weighted by molar-refractivity contribution is 5.91. The van der Waals surface area contributed by atoms with Gasteiger partial charge in [0.2, 0.25) is 5.76 Å². The normalized spacial score (nSPS) is 14.8. The molecule has 1 aromatic heterocycles. The Balaban J connectivity index is 0.000000186. The van der Waals surface area contributed by atoms with Crippen molar-refractivity contribution in [1.82, 2.24) is 5.32 Å². The van der Waals surface area contributed by atoms with E-state index >= 15 is 0 Å². The minimum Gasteiger partial charge on any atom is -0.475 e. The Labute approximate surface area is 111 Å². The molecule has 0 atom stereocenters. The summed E-state index contributed by atoms with van der Waals surface area (Å²) in [4.78, 5) is 10.6. The second-order valence-corrected chi connectivity index (χ2v) is 4.32. The van der Waals surface area contributed by atoms with Gasteiger partial charge in [0.25, 0.3) is 0 Å². The predicted molar refractivity (Wildman–Crippen MR) is 71.6 cm³/mol. The number of furan rings is 1. The summed E-state index contributed by atoms with van der Waals surface area (Å²) in [6.07, 6.45) is 0. The van der Waals surface area contributed by atoms with E-state index in [1.807, 2.05) is 25.1 Å². The number of benzene rings is 1. The fraction of sp³-hybridized carbons (Fsp3) is 0.357. The fourth-order valence-corrected chi connectivity index (χ4v) is 1.76. The van der Waals surface area contributed by atoms with E-state index < -0.39 is 5.97 Å². The number of ether oxygens (including phenoxy) is 1. The minimum absolute atomic E-state index is 0.0133. The average Bonchev–Trinajstić information content (AvgIpc) is 2.84. The van der Waals surface area contributed by atoms with Gasteiger partial charge in [0, 0.05) is 18.5 Å². The van der Waals surface area contributed by atoms with Gasteiger partial charge in [-0.3, -0.25) is 0 Å². The highest BCUT2D eigenvalue weighted by Gasteiger charge is 2.09. The van der Waals surface area contributed by atoms with Crippen LogP contribution in [-0.2, 0) is 4.74 Å². The van der Waals surface area contributed by atoms with E-state index in [0.29, 0.717) is 5.58 Å². The van der Waals surface area contributed by atoms with Crippen LogP contribution in [0.4, 0.5) is 0 Å². The number of fused-ring (bicyclic) bond motifs is 1. The Bertz CT molecular complexity index is 546. The van der Waals surface area contributed by atoms with Crippen LogP contribution in [0.5, 0.6) is 0 Å². The largest absolute Gasteiger partial charge is 0.475 e. The molecule has 0 spiro atoms. The first-order valence-corrected chi connectivity index (χ1v) is 6.19. The third-order valence-electron chi connectivity index (χ3n) is 2.73. The SMILES string of the molecule is C1COCCN1.Cc1ccc2cc(C(=O)O)oc2c1. The van der Waals surface area contributed by atoms with Gasteiger partial charge in [-0.2, -0.15) is 0 Å². The number of morpholine rings is 1. The Morgan fingerprint density at radius 3 is 2.53 bits per heavy atom. The lowest BCUT2D eigenvalue weighted by atomic mass is 10.2. The highest BCUT2D eigenvalue weighted by Crippen LogP contribution is 2.20. The first-order valence-electron chi connectivity index (χ1n) is 6.19. The molecule has 0 unspecified atom stereocenters. The van der Waals surface area contributed by atoms with Gasteiger partial charge in [-0.1, -0.05) is 12.1 Å². The fourth-order valence-electron chi connectivity index (χ4n) is 1.76. The van der Waals surface area contributed by atoms with Crippen molar-refractivity contribution in [1.29, 1.82) is 0 Å². The molecular weight excluding hydrogens is 246 g/mol. The summed E-state index contributed by atoms with van der Waals surface area (Å²) in [6, 6.07) is 7.11. The first-order chi connectivity index (χ1) is 9.16. The lowest BCUT2D eigenvalue weighted by Gasteiger charge is -2.10. The van der Waals surface area contributed by atoms with Crippen LogP contribution in [0.25, 0.3) is 11.0 Å². The summed E-state index contributed by atoms with van der Waals surface area (Å²) in [5.41, 5.74) is 1.68. The van der Waals surface area contributed by atoms with Crippen LogP contribution >= 0.6 is 0 Å². The molecule has 0 radical (unpaired) electrons. The van der Waals surface area contributed by atoms with Crippen molar-refractivity contribution < 1.29 is 19.1 Å². The summed E-state index contributed by atoms with van der Waals surface area (Å²) >= 11 is 0. The molecule has 1 aromatic carbocycles. The second-order valence-electron chi connectivity index (χ2n) is 4.32. The molecular formula is C14H17NO4. The van der Waals surface area contributed by atoms with Gasteiger partial charge in [-0.15, -0.1) is 0 Å². The first kappa shape index (κ1) is 13.6. The van der Waals surface area contributed by atoms with E-state index in [2.05, 4.69) is 5.32 Å². The van der Waals surface area contributed by atoms with Crippen LogP contribution in [-0.4, -0.2) is 37.4 Å². The molecule has 1 fully saturated rings. The standard InChI is InChI=1S/C10H8O3.C4H9NO/c1-6-2-3-7-5-9(10(11)12)13-8(7)4-6;1-3-6-4-2-5-1/h2-5H,1H3,(H,11,12);5H,1-4H2. The van der Waals surface area contributed by atoms with Crippen LogP contribution < -0.4 is 5.32 Å². The molecule has 5 nitrogen and oxygen atoms in total. The molecule has 0 aliphatic carbocycles. The number of nitrogens with one attached hydrogen (secondary N) is 1. The zero-order valence-electron chi connectivity index (χ0n) is 10.8. The quantitative estimate of drug-likeness (QED) is 0.823. The van der Waals surface area contributed by atoms with Crippen LogP contribution in [0.2, 0.25) is 0 Å². The molecule has 5 heteroatoms. The molecule has 2 aromatic rings. The third-order valence-corrected chi connectivity index (χ3v) is 2.73. The molecule has 3 rings (SSSR count). The summed E-state index contributed by atoms with van der Waals surface area (Å²) in [6.45, 7) is 5.77. The van der Waals surface area contributed by atoms with E-state index in [9.17, 15) is 4.79 Å². The van der Waals surface area contributed by atoms with Crippen molar-refractivity contribution in [3.05, 3.63) is 35.6 Å². The molecule has 0 bridgehead atoms. The Morgan fingerprint density at radius 2 is 2.00 bits per heavy atom. The Morgan fingerprint density at radius 1 is 1.26 bits per heavy atom. The van der Waals surface area contributed by atoms with Gasteiger partial charge in [-0.05, 0) is 24.6 Å². The molecule has 19 heavy (non-hydrogen) atoms. The van der Waals surface area contributed by atoms with Gasteiger partial charge in [0.1, 0.15) is 5.58 Å². The molecule has 2 heterocycles. The van der Waals surface area contributed by atoms with E-state index in [-0.39, 0.29) is 5.76 Å². The van der Waals surface area contributed by atoms with Crippen molar-refractivity contribution in [2.24, 2.45) is 0 Å². The average molecular weight is 263 g/mol. The molecule has 0 amide bonds. The number of hydrogen-bond acceptors (Lipinski definition) is 4. The summed E-state index contributed by atoms with van der Waals surface area (Å²) in [7, 11) is 0. The van der Waals surface area contributed by atoms with Crippen LogP contribution in [0.1, 0.15) is 16.1 Å². The third kappa shape index (κ3) is 3.81. The monoisotopic (exact) mass is 263 g/mol. The van der Waals surface area contributed by atoms with E-state index in [0.717, 1.165) is 37.3 Å². The highest BCUT2D eigenvalue weighted by atomic mass is 16.5. The predicted octanol–water partition coefficient (Wildman–Crippen LogP) is 2.05. The zero-order chi connectivity index (χ0) is 13.7. The molecule has 102 valence electrons. The number of hydrogen-bond donors (Lipinski definition) is 2. The van der Waals surface area contributed by atoms with Crippen molar-refractivity contribution >= 4 is 16.9 Å². The molecule has 1 saturated heterocycles. The lowest BCUT2D eigenvalue weighted by Crippen LogP contribution is -2.30. The molecule has 2 N–H and O–H groups in total. The zero-order valence-corrected chi connectivity index (χ0v) is 10.8.